The number of methoxy groups -OCH3 is 4. The first-order valence-corrected chi connectivity index (χ1v) is 22.3. The molecule has 0 bridgehead atoms. The van der Waals surface area contributed by atoms with Crippen LogP contribution in [0.1, 0.15) is 63.1 Å². The highest BCUT2D eigenvalue weighted by Crippen LogP contribution is 2.43. The lowest BCUT2D eigenvalue weighted by Crippen LogP contribution is -2.44. The third kappa shape index (κ3) is 10.4. The number of anilines is 4. The average Bonchev–Trinajstić information content (AvgIpc) is 3.78. The van der Waals surface area contributed by atoms with Crippen LogP contribution in [0.3, 0.4) is 0 Å². The second-order valence-corrected chi connectivity index (χ2v) is 17.1. The number of hydrogen-bond donors (Lipinski definition) is 2. The molecule has 2 N–H and O–H groups in total. The van der Waals surface area contributed by atoms with E-state index >= 15 is 0 Å². The largest absolute Gasteiger partial charge is 0.504 e. The van der Waals surface area contributed by atoms with E-state index in [9.17, 15) is 42.3 Å². The highest BCUT2D eigenvalue weighted by atomic mass is 32.2. The number of phenolic OH excluding ortho intramolecular Hbond substituents is 1. The molecule has 4 amide bonds. The maximum atomic E-state index is 13.6. The quantitative estimate of drug-likeness (QED) is 0.181. The summed E-state index contributed by atoms with van der Waals surface area (Å²) in [5, 5.41) is 10.3. The van der Waals surface area contributed by atoms with Gasteiger partial charge in [0.15, 0.2) is 11.5 Å². The van der Waals surface area contributed by atoms with Gasteiger partial charge in [-0.15, -0.1) is 0 Å². The number of benzene rings is 4. The molecule has 0 saturated heterocycles. The van der Waals surface area contributed by atoms with Gasteiger partial charge >= 0.3 is 11.9 Å². The summed E-state index contributed by atoms with van der Waals surface area (Å²) in [7, 11) is 1.86. The molecule has 4 heterocycles. The lowest BCUT2D eigenvalue weighted by Gasteiger charge is -2.27. The van der Waals surface area contributed by atoms with Crippen LogP contribution in [0.4, 0.5) is 22.7 Å². The predicted molar refractivity (Wildman–Crippen MR) is 239 cm³/mol. The fraction of sp³-hybridized carbons (Fsp3) is 0.348. The molecule has 0 saturated carbocycles. The Morgan fingerprint density at radius 1 is 0.631 bits per heavy atom. The van der Waals surface area contributed by atoms with Gasteiger partial charge in [0, 0.05) is 43.4 Å². The summed E-state index contributed by atoms with van der Waals surface area (Å²) in [4.78, 5) is 83.0. The van der Waals surface area contributed by atoms with Crippen LogP contribution in [-0.4, -0.2) is 114 Å². The molecule has 4 aliphatic heterocycles. The van der Waals surface area contributed by atoms with Crippen LogP contribution in [0.2, 0.25) is 0 Å². The molecule has 0 spiro atoms. The number of aromatic hydroxyl groups is 1. The number of fused-ring (bicyclic) bond motifs is 8. The van der Waals surface area contributed by atoms with E-state index in [4.69, 9.17) is 14.0 Å². The third-order valence-electron chi connectivity index (χ3n) is 11.4. The van der Waals surface area contributed by atoms with E-state index < -0.39 is 22.1 Å². The number of aryl methyl sites for hydroxylation is 1. The van der Waals surface area contributed by atoms with Crippen LogP contribution in [-0.2, 0) is 51.6 Å². The van der Waals surface area contributed by atoms with Crippen molar-refractivity contribution >= 4 is 68.4 Å². The van der Waals surface area contributed by atoms with E-state index in [0.717, 1.165) is 28.1 Å². The molecule has 4 aliphatic rings. The summed E-state index contributed by atoms with van der Waals surface area (Å²) in [6.45, 7) is 2.49. The molecular formula is C46H50N4O14S. The Morgan fingerprint density at radius 3 is 1.45 bits per heavy atom. The summed E-state index contributed by atoms with van der Waals surface area (Å²) in [6, 6.07) is 21.4. The summed E-state index contributed by atoms with van der Waals surface area (Å²) in [5.74, 6) is -1.30. The molecular weight excluding hydrogens is 865 g/mol. The van der Waals surface area contributed by atoms with E-state index in [1.165, 1.54) is 38.4 Å². The first kappa shape index (κ1) is 47.5. The van der Waals surface area contributed by atoms with Crippen LogP contribution >= 0.6 is 0 Å². The minimum absolute atomic E-state index is 0.00113. The molecule has 0 aliphatic carbocycles. The van der Waals surface area contributed by atoms with Crippen molar-refractivity contribution in [1.82, 2.24) is 0 Å². The van der Waals surface area contributed by atoms with Gasteiger partial charge in [-0.3, -0.25) is 33.3 Å². The van der Waals surface area contributed by atoms with Crippen molar-refractivity contribution in [1.29, 1.82) is 0 Å². The molecule has 344 valence electrons. The molecule has 0 aromatic heterocycles. The van der Waals surface area contributed by atoms with Crippen molar-refractivity contribution in [3.63, 3.8) is 0 Å². The molecule has 18 nitrogen and oxygen atoms in total. The standard InChI is InChI=1S/C23H24N2O5.C22H22N2O6.CH4O3S/c1-14-10-19-17(12-20(14)29-2)23(28)25-16(11-15-6-4-5-7-18(15)25)13-24(19)21(26)8-9-22(27)30-3;1-29-19-10-15-17(11-18(19)25)23(20(26)7-8-21(27)30-2)12-14-9-13-5-3-4-6-16(13)24(14)22(15)28;1-5(2,3)4/h4-7,10,12,16H,8-9,11,13H2,1-3H3;3-6,10-11,14,25H,7-9,12H2,1-2H3;1H3,(H,2,3,4)/t16-;14-;/m00./s1. The van der Waals surface area contributed by atoms with E-state index in [-0.39, 0.29) is 85.0 Å². The SMILES string of the molecule is COC(=O)CCC(=O)N1C[C@@H]2Cc3ccccc3N2C(=O)c2cc(OC)c(C)cc21.COC(=O)CCC(=O)N1C[C@@H]2Cc3ccccc3N2C(=O)c2cc(OC)c(O)cc21.CS(=O)(=O)O. The normalized spacial score (nSPS) is 16.6. The topological polar surface area (TPSA) is 227 Å². The van der Waals surface area contributed by atoms with Crippen LogP contribution < -0.4 is 29.1 Å². The fourth-order valence-electron chi connectivity index (χ4n) is 8.41. The Balaban J connectivity index is 0.000000195. The second kappa shape index (κ2) is 19.8. The molecule has 19 heteroatoms. The summed E-state index contributed by atoms with van der Waals surface area (Å²) < 4.78 is 45.8. The highest BCUT2D eigenvalue weighted by molar-refractivity contribution is 7.85. The van der Waals surface area contributed by atoms with E-state index in [1.54, 1.807) is 27.9 Å². The number of phenols is 1. The number of hydrogen-bond acceptors (Lipinski definition) is 13. The number of rotatable bonds is 8. The molecule has 8 rings (SSSR count). The maximum Gasteiger partial charge on any atom is 0.306 e. The number of carbonyl (C=O) groups excluding carboxylic acids is 6. The van der Waals surface area contributed by atoms with Crippen molar-refractivity contribution in [3.05, 3.63) is 101 Å². The number of nitrogens with zero attached hydrogens (tertiary/aromatic N) is 4. The highest BCUT2D eigenvalue weighted by Gasteiger charge is 2.43. The Hall–Kier alpha value is -6.99. The summed E-state index contributed by atoms with van der Waals surface area (Å²) in [6.07, 6.45) is 1.89. The molecule has 4 aromatic carbocycles. The summed E-state index contributed by atoms with van der Waals surface area (Å²) in [5.41, 5.74) is 6.18. The van der Waals surface area contributed by atoms with Gasteiger partial charge in [0.2, 0.25) is 11.8 Å². The monoisotopic (exact) mass is 914 g/mol. The van der Waals surface area contributed by atoms with Gasteiger partial charge in [-0.25, -0.2) is 0 Å². The van der Waals surface area contributed by atoms with Crippen LogP contribution in [0.25, 0.3) is 0 Å². The van der Waals surface area contributed by atoms with Crippen LogP contribution in [0.15, 0.2) is 72.8 Å². The zero-order chi connectivity index (χ0) is 47.3. The van der Waals surface area contributed by atoms with Crippen molar-refractivity contribution in [2.24, 2.45) is 0 Å². The van der Waals surface area contributed by atoms with Crippen molar-refractivity contribution in [2.45, 2.75) is 57.5 Å². The van der Waals surface area contributed by atoms with Crippen LogP contribution in [0.5, 0.6) is 17.2 Å². The minimum Gasteiger partial charge on any atom is -0.504 e. The molecule has 2 atom stereocenters. The number of esters is 2. The van der Waals surface area contributed by atoms with Gasteiger partial charge < -0.3 is 43.7 Å². The molecule has 4 aromatic rings. The molecule has 0 radical (unpaired) electrons. The van der Waals surface area contributed by atoms with Crippen molar-refractivity contribution in [2.75, 3.05) is 67.4 Å². The van der Waals surface area contributed by atoms with Gasteiger partial charge in [0.25, 0.3) is 21.9 Å². The zero-order valence-electron chi connectivity index (χ0n) is 36.7. The Kier molecular flexibility index (Phi) is 14.5. The minimum atomic E-state index is -3.67. The number of para-hydroxylation sites is 2. The zero-order valence-corrected chi connectivity index (χ0v) is 37.5. The average molecular weight is 915 g/mol. The molecule has 0 unspecified atom stereocenters. The molecule has 65 heavy (non-hydrogen) atoms. The van der Waals surface area contributed by atoms with Gasteiger partial charge in [0.1, 0.15) is 5.75 Å². The van der Waals surface area contributed by atoms with E-state index in [2.05, 4.69) is 9.47 Å². The van der Waals surface area contributed by atoms with Crippen molar-refractivity contribution in [3.8, 4) is 17.2 Å². The molecule has 0 fully saturated rings. The van der Waals surface area contributed by atoms with Gasteiger partial charge in [-0.05, 0) is 66.8 Å². The second-order valence-electron chi connectivity index (χ2n) is 15.6. The lowest BCUT2D eigenvalue weighted by molar-refractivity contribution is -0.142. The maximum absolute atomic E-state index is 13.6. The Morgan fingerprint density at radius 2 is 1.03 bits per heavy atom. The Bertz CT molecular complexity index is 2480. The summed E-state index contributed by atoms with van der Waals surface area (Å²) >= 11 is 0. The van der Waals surface area contributed by atoms with Crippen molar-refractivity contribution < 1.29 is 65.8 Å². The predicted octanol–water partition coefficient (Wildman–Crippen LogP) is 4.65. The van der Waals surface area contributed by atoms with Crippen LogP contribution in [0, 0.1) is 6.92 Å². The van der Waals surface area contributed by atoms with E-state index in [0.29, 0.717) is 48.3 Å². The van der Waals surface area contributed by atoms with E-state index in [1.807, 2.05) is 61.5 Å². The number of carbonyl (C=O) groups is 6. The fourth-order valence-corrected chi connectivity index (χ4v) is 8.41. The number of ether oxygens (including phenoxy) is 4. The van der Waals surface area contributed by atoms with Gasteiger partial charge in [-0.1, -0.05) is 36.4 Å². The third-order valence-corrected chi connectivity index (χ3v) is 11.4. The van der Waals surface area contributed by atoms with Gasteiger partial charge in [-0.2, -0.15) is 8.42 Å². The smallest absolute Gasteiger partial charge is 0.306 e. The first-order valence-electron chi connectivity index (χ1n) is 20.5. The van der Waals surface area contributed by atoms with Gasteiger partial charge in [0.05, 0.1) is 82.1 Å². The lowest BCUT2D eigenvalue weighted by atomic mass is 10.0. The number of amides is 4. The Labute approximate surface area is 376 Å². The first-order chi connectivity index (χ1) is 30.9.